The Morgan fingerprint density at radius 1 is 1.15 bits per heavy atom. The minimum Gasteiger partial charge on any atom is -0.250 e. The number of nitrogens with zero attached hydrogens (tertiary/aromatic N) is 1. The molecule has 1 nitrogen and oxygen atoms in total. The fraction of sp³-hybridized carbons (Fsp3) is 0.545. The minimum atomic E-state index is 0.258. The molecule has 0 bridgehead atoms. The zero-order valence-corrected chi connectivity index (χ0v) is 9.98. The number of rotatable bonds is 1. The number of hydrogen-bond acceptors (Lipinski definition) is 2. The van der Waals surface area contributed by atoms with Gasteiger partial charge < -0.3 is 0 Å². The second kappa shape index (κ2) is 6.03. The van der Waals surface area contributed by atoms with Crippen molar-refractivity contribution in [1.29, 1.82) is 0 Å². The third-order valence-corrected chi connectivity index (χ3v) is 2.11. The molecule has 0 aromatic carbocycles. The van der Waals surface area contributed by atoms with E-state index >= 15 is 0 Å². The summed E-state index contributed by atoms with van der Waals surface area (Å²) in [6.07, 6.45) is 1.83. The lowest BCUT2D eigenvalue weighted by atomic mass is 10.3. The Kier molecular flexibility index (Phi) is 5.80. The highest BCUT2D eigenvalue weighted by Crippen LogP contribution is 2.29. The average molecular weight is 197 g/mol. The Morgan fingerprint density at radius 2 is 1.77 bits per heavy atom. The molecule has 74 valence electrons. The molecule has 0 saturated heterocycles. The lowest BCUT2D eigenvalue weighted by Crippen LogP contribution is -2.06. The van der Waals surface area contributed by atoms with Gasteiger partial charge in [-0.1, -0.05) is 40.7 Å². The van der Waals surface area contributed by atoms with Crippen molar-refractivity contribution in [2.75, 3.05) is 0 Å². The van der Waals surface area contributed by atoms with Crippen LogP contribution in [0.15, 0.2) is 29.4 Å². The molecule has 0 radical (unpaired) electrons. The van der Waals surface area contributed by atoms with Crippen LogP contribution < -0.4 is 0 Å². The lowest BCUT2D eigenvalue weighted by Gasteiger charge is -2.15. The van der Waals surface area contributed by atoms with E-state index in [9.17, 15) is 0 Å². The first-order valence-corrected chi connectivity index (χ1v) is 5.50. The van der Waals surface area contributed by atoms with Crippen molar-refractivity contribution in [1.82, 2.24) is 4.98 Å². The lowest BCUT2D eigenvalue weighted by molar-refractivity contribution is 0.799. The fourth-order valence-electron chi connectivity index (χ4n) is 0.721. The van der Waals surface area contributed by atoms with Gasteiger partial charge in [-0.05, 0) is 12.1 Å². The van der Waals surface area contributed by atoms with E-state index in [1.165, 1.54) is 0 Å². The van der Waals surface area contributed by atoms with Gasteiger partial charge in [0.2, 0.25) is 0 Å². The summed E-state index contributed by atoms with van der Waals surface area (Å²) in [6, 6.07) is 5.99. The summed E-state index contributed by atoms with van der Waals surface area (Å²) in [5.74, 6) is 0. The zero-order valence-electron chi connectivity index (χ0n) is 9.16. The highest BCUT2D eigenvalue weighted by molar-refractivity contribution is 8.00. The van der Waals surface area contributed by atoms with Gasteiger partial charge >= 0.3 is 0 Å². The minimum absolute atomic E-state index is 0.258. The van der Waals surface area contributed by atoms with Crippen LogP contribution in [0.25, 0.3) is 0 Å². The van der Waals surface area contributed by atoms with E-state index in [2.05, 4.69) is 25.8 Å². The second-order valence-corrected chi connectivity index (χ2v) is 5.23. The quantitative estimate of drug-likeness (QED) is 0.631. The molecule has 0 atom stereocenters. The second-order valence-electron chi connectivity index (χ2n) is 3.38. The first-order chi connectivity index (χ1) is 6.08. The third kappa shape index (κ3) is 6.64. The van der Waals surface area contributed by atoms with Crippen molar-refractivity contribution in [2.45, 2.75) is 44.4 Å². The van der Waals surface area contributed by atoms with E-state index in [-0.39, 0.29) is 4.75 Å². The van der Waals surface area contributed by atoms with E-state index in [1.54, 1.807) is 11.8 Å². The summed E-state index contributed by atoms with van der Waals surface area (Å²) in [6.45, 7) is 10.6. The highest BCUT2D eigenvalue weighted by Gasteiger charge is 2.11. The molecule has 2 heteroatoms. The molecule has 1 aromatic rings. The fourth-order valence-corrected chi connectivity index (χ4v) is 1.61. The first kappa shape index (κ1) is 12.5. The molecule has 0 amide bonds. The van der Waals surface area contributed by atoms with Crippen LogP contribution in [0.4, 0.5) is 0 Å². The van der Waals surface area contributed by atoms with Crippen LogP contribution in [0.3, 0.4) is 0 Å². The van der Waals surface area contributed by atoms with Gasteiger partial charge in [-0.2, -0.15) is 0 Å². The molecule has 0 aliphatic rings. The van der Waals surface area contributed by atoms with Crippen molar-refractivity contribution >= 4 is 11.8 Å². The van der Waals surface area contributed by atoms with Crippen LogP contribution in [-0.2, 0) is 0 Å². The van der Waals surface area contributed by atoms with E-state index in [0.717, 1.165) is 5.03 Å². The summed E-state index contributed by atoms with van der Waals surface area (Å²) in [5.41, 5.74) is 0. The molecule has 0 N–H and O–H groups in total. The van der Waals surface area contributed by atoms with Gasteiger partial charge in [0.1, 0.15) is 0 Å². The van der Waals surface area contributed by atoms with E-state index in [4.69, 9.17) is 0 Å². The number of aromatic nitrogens is 1. The molecule has 13 heavy (non-hydrogen) atoms. The van der Waals surface area contributed by atoms with Crippen LogP contribution in [0, 0.1) is 0 Å². The Morgan fingerprint density at radius 3 is 2.15 bits per heavy atom. The number of hydrogen-bond donors (Lipinski definition) is 0. The predicted molar refractivity (Wildman–Crippen MR) is 61.2 cm³/mol. The Balaban J connectivity index is 0.000000671. The number of thioether (sulfide) groups is 1. The Hall–Kier alpha value is -0.500. The van der Waals surface area contributed by atoms with Gasteiger partial charge in [-0.15, -0.1) is 11.8 Å². The van der Waals surface area contributed by atoms with Crippen molar-refractivity contribution in [3.8, 4) is 0 Å². The molecule has 0 saturated carbocycles. The number of pyridine rings is 1. The maximum absolute atomic E-state index is 4.23. The van der Waals surface area contributed by atoms with E-state index < -0.39 is 0 Å². The van der Waals surface area contributed by atoms with Gasteiger partial charge in [-0.3, -0.25) is 0 Å². The summed E-state index contributed by atoms with van der Waals surface area (Å²) in [5, 5.41) is 1.10. The van der Waals surface area contributed by atoms with Gasteiger partial charge in [0.25, 0.3) is 0 Å². The smallest absolute Gasteiger partial charge is 0.0964 e. The van der Waals surface area contributed by atoms with Gasteiger partial charge in [0, 0.05) is 10.9 Å². The largest absolute Gasteiger partial charge is 0.250 e. The molecule has 0 spiro atoms. The predicted octanol–water partition coefficient (Wildman–Crippen LogP) is 4.00. The van der Waals surface area contributed by atoms with Crippen LogP contribution in [0.5, 0.6) is 0 Å². The van der Waals surface area contributed by atoms with Crippen LogP contribution in [0.2, 0.25) is 0 Å². The molecule has 1 rings (SSSR count). The van der Waals surface area contributed by atoms with Gasteiger partial charge in [0.15, 0.2) is 0 Å². The van der Waals surface area contributed by atoms with Crippen molar-refractivity contribution in [2.24, 2.45) is 0 Å². The molecular weight excluding hydrogens is 178 g/mol. The summed E-state index contributed by atoms with van der Waals surface area (Å²) < 4.78 is 0.258. The molecule has 1 aromatic heterocycles. The van der Waals surface area contributed by atoms with Gasteiger partial charge in [0.05, 0.1) is 5.03 Å². The average Bonchev–Trinajstić information content (AvgIpc) is 2.07. The first-order valence-electron chi connectivity index (χ1n) is 4.68. The van der Waals surface area contributed by atoms with Crippen molar-refractivity contribution < 1.29 is 0 Å². The summed E-state index contributed by atoms with van der Waals surface area (Å²) in [7, 11) is 0. The molecule has 0 aliphatic carbocycles. The Labute approximate surface area is 86.0 Å². The summed E-state index contributed by atoms with van der Waals surface area (Å²) in [4.78, 5) is 4.23. The molecular formula is C11H19NS. The van der Waals surface area contributed by atoms with Crippen LogP contribution in [-0.4, -0.2) is 9.73 Å². The topological polar surface area (TPSA) is 12.9 Å². The monoisotopic (exact) mass is 197 g/mol. The molecule has 0 unspecified atom stereocenters. The van der Waals surface area contributed by atoms with Gasteiger partial charge in [-0.25, -0.2) is 4.98 Å². The van der Waals surface area contributed by atoms with E-state index in [1.807, 2.05) is 38.2 Å². The van der Waals surface area contributed by atoms with E-state index in [0.29, 0.717) is 0 Å². The Bertz CT molecular complexity index is 213. The van der Waals surface area contributed by atoms with Crippen LogP contribution >= 0.6 is 11.8 Å². The maximum atomic E-state index is 4.23. The molecule has 0 aliphatic heterocycles. The maximum Gasteiger partial charge on any atom is 0.0964 e. The normalized spacial score (nSPS) is 10.2. The summed E-state index contributed by atoms with van der Waals surface area (Å²) >= 11 is 1.79. The molecule has 1 heterocycles. The standard InChI is InChI=1S/C9H13NS.C2H6/c1-9(2,3)11-8-6-4-5-7-10-8;1-2/h4-7H,1-3H3;1-2H3. The SMILES string of the molecule is CC.CC(C)(C)Sc1ccccn1. The third-order valence-electron chi connectivity index (χ3n) is 1.05. The zero-order chi connectivity index (χ0) is 10.3. The molecule has 0 fully saturated rings. The highest BCUT2D eigenvalue weighted by atomic mass is 32.2. The van der Waals surface area contributed by atoms with Crippen molar-refractivity contribution in [3.63, 3.8) is 0 Å². The van der Waals surface area contributed by atoms with Crippen molar-refractivity contribution in [3.05, 3.63) is 24.4 Å². The van der Waals surface area contributed by atoms with Crippen LogP contribution in [0.1, 0.15) is 34.6 Å².